The van der Waals surface area contributed by atoms with Gasteiger partial charge in [-0.3, -0.25) is 14.8 Å². The number of likely N-dealkylation sites (tertiary alicyclic amines) is 1. The normalized spacial score (nSPS) is 21.7. The van der Waals surface area contributed by atoms with Crippen LogP contribution in [0.4, 0.5) is 0 Å². The number of piperidine rings is 1. The third-order valence-electron chi connectivity index (χ3n) is 5.63. The quantitative estimate of drug-likeness (QED) is 0.543. The van der Waals surface area contributed by atoms with Crippen LogP contribution in [-0.4, -0.2) is 67.1 Å². The van der Waals surface area contributed by atoms with E-state index in [0.717, 1.165) is 51.5 Å². The zero-order valence-corrected chi connectivity index (χ0v) is 17.9. The van der Waals surface area contributed by atoms with Crippen LogP contribution in [0.5, 0.6) is 0 Å². The number of guanidine groups is 1. The van der Waals surface area contributed by atoms with E-state index >= 15 is 0 Å². The summed E-state index contributed by atoms with van der Waals surface area (Å²) in [6.45, 7) is 14.3. The second-order valence-electron chi connectivity index (χ2n) is 7.89. The second-order valence-corrected chi connectivity index (χ2v) is 7.89. The first-order valence-corrected chi connectivity index (χ1v) is 10.5. The Morgan fingerprint density at radius 1 is 1.30 bits per heavy atom. The smallest absolute Gasteiger partial charge is 0.191 e. The SMILES string of the molecule is CCN(CCNC(=NC)NC1CCN(Cc2ccccc2)C(C)C1)C(C)C. The molecule has 1 fully saturated rings. The van der Waals surface area contributed by atoms with Crippen molar-refractivity contribution in [2.24, 2.45) is 4.99 Å². The van der Waals surface area contributed by atoms with Crippen molar-refractivity contribution >= 4 is 5.96 Å². The first-order chi connectivity index (χ1) is 13.0. The average molecular weight is 374 g/mol. The summed E-state index contributed by atoms with van der Waals surface area (Å²) in [5.74, 6) is 0.934. The van der Waals surface area contributed by atoms with E-state index in [4.69, 9.17) is 0 Å². The molecular formula is C22H39N5. The maximum absolute atomic E-state index is 4.42. The van der Waals surface area contributed by atoms with Gasteiger partial charge in [0.15, 0.2) is 5.96 Å². The topological polar surface area (TPSA) is 42.9 Å². The Balaban J connectivity index is 1.75. The largest absolute Gasteiger partial charge is 0.355 e. The van der Waals surface area contributed by atoms with Gasteiger partial charge in [0, 0.05) is 51.4 Å². The zero-order chi connectivity index (χ0) is 19.6. The Hall–Kier alpha value is -1.59. The summed E-state index contributed by atoms with van der Waals surface area (Å²) in [4.78, 5) is 9.48. The van der Waals surface area contributed by atoms with Gasteiger partial charge in [-0.15, -0.1) is 0 Å². The molecule has 0 aromatic heterocycles. The molecule has 152 valence electrons. The van der Waals surface area contributed by atoms with E-state index < -0.39 is 0 Å². The van der Waals surface area contributed by atoms with Gasteiger partial charge in [0.05, 0.1) is 0 Å². The molecule has 2 atom stereocenters. The Kier molecular flexibility index (Phi) is 9.08. The fourth-order valence-electron chi connectivity index (χ4n) is 3.89. The van der Waals surface area contributed by atoms with E-state index in [-0.39, 0.29) is 0 Å². The lowest BCUT2D eigenvalue weighted by molar-refractivity contribution is 0.134. The van der Waals surface area contributed by atoms with Crippen LogP contribution in [0.1, 0.15) is 46.1 Å². The summed E-state index contributed by atoms with van der Waals surface area (Å²) in [5, 5.41) is 7.12. The van der Waals surface area contributed by atoms with Gasteiger partial charge >= 0.3 is 0 Å². The Morgan fingerprint density at radius 3 is 2.63 bits per heavy atom. The standard InChI is InChI=1S/C22H39N5/c1-6-26(18(2)3)15-13-24-22(23-5)25-21-12-14-27(19(4)16-21)17-20-10-8-7-9-11-20/h7-11,18-19,21H,6,12-17H2,1-5H3,(H2,23,24,25). The minimum atomic E-state index is 0.491. The van der Waals surface area contributed by atoms with E-state index in [1.807, 2.05) is 7.05 Å². The molecule has 5 heteroatoms. The molecule has 1 aliphatic heterocycles. The molecule has 1 heterocycles. The van der Waals surface area contributed by atoms with Crippen molar-refractivity contribution in [3.05, 3.63) is 35.9 Å². The van der Waals surface area contributed by atoms with E-state index in [9.17, 15) is 0 Å². The molecule has 0 bridgehead atoms. The number of hydrogen-bond donors (Lipinski definition) is 2. The molecule has 27 heavy (non-hydrogen) atoms. The molecule has 0 aliphatic carbocycles. The zero-order valence-electron chi connectivity index (χ0n) is 17.9. The van der Waals surface area contributed by atoms with Gasteiger partial charge in [0.2, 0.25) is 0 Å². The number of aliphatic imine (C=N–C) groups is 1. The van der Waals surface area contributed by atoms with E-state index in [0.29, 0.717) is 18.1 Å². The first kappa shape index (κ1) is 21.7. The number of benzene rings is 1. The molecule has 1 saturated heterocycles. The van der Waals surface area contributed by atoms with E-state index in [2.05, 4.69) is 83.5 Å². The van der Waals surface area contributed by atoms with Crippen LogP contribution < -0.4 is 10.6 Å². The fraction of sp³-hybridized carbons (Fsp3) is 0.682. The molecule has 5 nitrogen and oxygen atoms in total. The van der Waals surface area contributed by atoms with Crippen molar-refractivity contribution < 1.29 is 0 Å². The molecule has 0 saturated carbocycles. The van der Waals surface area contributed by atoms with Crippen LogP contribution in [0.15, 0.2) is 35.3 Å². The molecule has 1 aromatic rings. The summed E-state index contributed by atoms with van der Waals surface area (Å²) in [7, 11) is 1.86. The molecule has 0 radical (unpaired) electrons. The second kappa shape index (κ2) is 11.3. The molecule has 2 rings (SSSR count). The highest BCUT2D eigenvalue weighted by atomic mass is 15.2. The summed E-state index contributed by atoms with van der Waals surface area (Å²) in [6, 6.07) is 12.4. The molecule has 0 spiro atoms. The van der Waals surface area contributed by atoms with Crippen LogP contribution >= 0.6 is 0 Å². The molecular weight excluding hydrogens is 334 g/mol. The molecule has 2 unspecified atom stereocenters. The summed E-state index contributed by atoms with van der Waals surface area (Å²) >= 11 is 0. The number of hydrogen-bond acceptors (Lipinski definition) is 3. The van der Waals surface area contributed by atoms with Gasteiger partial charge in [-0.1, -0.05) is 37.3 Å². The van der Waals surface area contributed by atoms with Crippen LogP contribution in [0, 0.1) is 0 Å². The Bertz CT molecular complexity index is 557. The third kappa shape index (κ3) is 7.15. The predicted molar refractivity (Wildman–Crippen MR) is 116 cm³/mol. The van der Waals surface area contributed by atoms with Crippen molar-refractivity contribution in [1.29, 1.82) is 0 Å². The van der Waals surface area contributed by atoms with Crippen molar-refractivity contribution in [3.8, 4) is 0 Å². The number of likely N-dealkylation sites (N-methyl/N-ethyl adjacent to an activating group) is 1. The minimum Gasteiger partial charge on any atom is -0.355 e. The predicted octanol–water partition coefficient (Wildman–Crippen LogP) is 2.93. The summed E-state index contributed by atoms with van der Waals surface area (Å²) < 4.78 is 0. The number of rotatable bonds is 8. The van der Waals surface area contributed by atoms with Gasteiger partial charge in [-0.05, 0) is 45.7 Å². The molecule has 0 amide bonds. The maximum atomic E-state index is 4.42. The Morgan fingerprint density at radius 2 is 2.04 bits per heavy atom. The molecule has 1 aliphatic rings. The van der Waals surface area contributed by atoms with Crippen molar-refractivity contribution in [2.45, 2.75) is 65.2 Å². The van der Waals surface area contributed by atoms with Crippen molar-refractivity contribution in [2.75, 3.05) is 33.2 Å². The van der Waals surface area contributed by atoms with Crippen molar-refractivity contribution in [1.82, 2.24) is 20.4 Å². The number of nitrogens with one attached hydrogen (secondary N) is 2. The summed E-state index contributed by atoms with van der Waals surface area (Å²) in [5.41, 5.74) is 1.40. The van der Waals surface area contributed by atoms with E-state index in [1.165, 1.54) is 5.56 Å². The maximum Gasteiger partial charge on any atom is 0.191 e. The van der Waals surface area contributed by atoms with Crippen LogP contribution in [-0.2, 0) is 6.54 Å². The highest BCUT2D eigenvalue weighted by Gasteiger charge is 2.25. The van der Waals surface area contributed by atoms with Gasteiger partial charge in [0.25, 0.3) is 0 Å². The van der Waals surface area contributed by atoms with Gasteiger partial charge in [-0.25, -0.2) is 0 Å². The molecule has 1 aromatic carbocycles. The average Bonchev–Trinajstić information content (AvgIpc) is 2.67. The molecule has 2 N–H and O–H groups in total. The van der Waals surface area contributed by atoms with Crippen molar-refractivity contribution in [3.63, 3.8) is 0 Å². The first-order valence-electron chi connectivity index (χ1n) is 10.5. The van der Waals surface area contributed by atoms with Gasteiger partial charge in [0.1, 0.15) is 0 Å². The van der Waals surface area contributed by atoms with Crippen LogP contribution in [0.3, 0.4) is 0 Å². The third-order valence-corrected chi connectivity index (χ3v) is 5.63. The lowest BCUT2D eigenvalue weighted by Crippen LogP contribution is -2.52. The number of nitrogens with zero attached hydrogens (tertiary/aromatic N) is 3. The monoisotopic (exact) mass is 373 g/mol. The highest BCUT2D eigenvalue weighted by Crippen LogP contribution is 2.19. The summed E-state index contributed by atoms with van der Waals surface area (Å²) in [6.07, 6.45) is 2.31. The van der Waals surface area contributed by atoms with Gasteiger partial charge in [-0.2, -0.15) is 0 Å². The highest BCUT2D eigenvalue weighted by molar-refractivity contribution is 5.79. The van der Waals surface area contributed by atoms with Gasteiger partial charge < -0.3 is 10.6 Å². The lowest BCUT2D eigenvalue weighted by atomic mass is 9.97. The van der Waals surface area contributed by atoms with E-state index in [1.54, 1.807) is 0 Å². The van der Waals surface area contributed by atoms with Crippen LogP contribution in [0.2, 0.25) is 0 Å². The lowest BCUT2D eigenvalue weighted by Gasteiger charge is -2.38. The van der Waals surface area contributed by atoms with Crippen LogP contribution in [0.25, 0.3) is 0 Å². The fourth-order valence-corrected chi connectivity index (χ4v) is 3.89. The minimum absolute atomic E-state index is 0.491. The Labute approximate surface area is 166 Å².